The molecular formula is C12H21N3O4. The third-order valence-corrected chi connectivity index (χ3v) is 2.67. The number of likely N-dealkylation sites (N-methyl/N-ethyl adjacent to an activating group) is 2. The normalized spacial score (nSPS) is 11.9. The summed E-state index contributed by atoms with van der Waals surface area (Å²) < 4.78 is 0. The molecule has 0 saturated heterocycles. The lowest BCUT2D eigenvalue weighted by atomic mass is 10.1. The lowest BCUT2D eigenvalue weighted by Crippen LogP contribution is -2.43. The smallest absolute Gasteiger partial charge is 0.331 e. The van der Waals surface area contributed by atoms with Crippen LogP contribution in [-0.2, 0) is 9.59 Å². The van der Waals surface area contributed by atoms with E-state index in [-0.39, 0.29) is 11.1 Å². The van der Waals surface area contributed by atoms with E-state index in [0.717, 1.165) is 0 Å². The Kier molecular flexibility index (Phi) is 6.78. The maximum atomic E-state index is 11.7. The number of urea groups is 1. The van der Waals surface area contributed by atoms with Gasteiger partial charge in [0.1, 0.15) is 0 Å². The van der Waals surface area contributed by atoms with Crippen LogP contribution < -0.4 is 5.32 Å². The summed E-state index contributed by atoms with van der Waals surface area (Å²) in [6.07, 6.45) is 0. The van der Waals surface area contributed by atoms with Crippen LogP contribution in [-0.4, -0.2) is 67.0 Å². The Morgan fingerprint density at radius 1 is 1.00 bits per heavy atom. The van der Waals surface area contributed by atoms with Crippen LogP contribution in [0.1, 0.15) is 13.8 Å². The van der Waals surface area contributed by atoms with Gasteiger partial charge in [0.05, 0.1) is 0 Å². The van der Waals surface area contributed by atoms with Gasteiger partial charge in [0, 0.05) is 31.3 Å². The number of carboxylic acids is 1. The molecular weight excluding hydrogens is 250 g/mol. The molecule has 0 radical (unpaired) electrons. The molecule has 0 aromatic rings. The minimum atomic E-state index is -1.18. The standard InChI is InChI=1S/C12H21N3O4/c1-8(9(2)11(17)18)10(16)13-12(19)15(5)7-6-14(3)4/h6-7H2,1-5H3,(H,17,18)(H,13,16,19). The van der Waals surface area contributed by atoms with Crippen molar-refractivity contribution < 1.29 is 19.5 Å². The van der Waals surface area contributed by atoms with Crippen LogP contribution in [0, 0.1) is 0 Å². The fraction of sp³-hybridized carbons (Fsp3) is 0.583. The zero-order chi connectivity index (χ0) is 15.2. The first-order valence-electron chi connectivity index (χ1n) is 5.78. The number of carbonyl (C=O) groups is 3. The predicted molar refractivity (Wildman–Crippen MR) is 70.7 cm³/mol. The van der Waals surface area contributed by atoms with Crippen molar-refractivity contribution in [3.05, 3.63) is 11.1 Å². The van der Waals surface area contributed by atoms with Gasteiger partial charge in [0.2, 0.25) is 0 Å². The van der Waals surface area contributed by atoms with Crippen molar-refractivity contribution in [2.45, 2.75) is 13.8 Å². The lowest BCUT2D eigenvalue weighted by Gasteiger charge is -2.19. The van der Waals surface area contributed by atoms with Crippen molar-refractivity contribution in [3.63, 3.8) is 0 Å². The molecule has 0 aliphatic rings. The first-order valence-corrected chi connectivity index (χ1v) is 5.78. The van der Waals surface area contributed by atoms with Crippen LogP contribution in [0.3, 0.4) is 0 Å². The molecule has 0 spiro atoms. The van der Waals surface area contributed by atoms with Crippen LogP contribution in [0.2, 0.25) is 0 Å². The maximum Gasteiger partial charge on any atom is 0.331 e. The molecule has 0 unspecified atom stereocenters. The summed E-state index contributed by atoms with van der Waals surface area (Å²) in [6.45, 7) is 3.82. The molecule has 108 valence electrons. The number of imide groups is 1. The molecule has 0 aliphatic carbocycles. The number of aliphatic carboxylic acids is 1. The SMILES string of the molecule is CC(C(=O)O)=C(C)C(=O)NC(=O)N(C)CCN(C)C. The summed E-state index contributed by atoms with van der Waals surface area (Å²) in [5.41, 5.74) is -0.0666. The Morgan fingerprint density at radius 2 is 1.53 bits per heavy atom. The molecule has 0 aromatic heterocycles. The molecule has 0 bridgehead atoms. The third kappa shape index (κ3) is 6.01. The molecule has 7 heteroatoms. The van der Waals surface area contributed by atoms with E-state index in [1.165, 1.54) is 18.7 Å². The number of nitrogens with one attached hydrogen (secondary N) is 1. The second kappa shape index (κ2) is 7.52. The molecule has 0 aliphatic heterocycles. The molecule has 0 aromatic carbocycles. The molecule has 0 saturated carbocycles. The van der Waals surface area contributed by atoms with E-state index in [0.29, 0.717) is 13.1 Å². The second-order valence-electron chi connectivity index (χ2n) is 4.54. The van der Waals surface area contributed by atoms with Gasteiger partial charge in [-0.2, -0.15) is 0 Å². The number of nitrogens with zero attached hydrogens (tertiary/aromatic N) is 2. The van der Waals surface area contributed by atoms with E-state index < -0.39 is 17.9 Å². The Balaban J connectivity index is 4.53. The molecule has 19 heavy (non-hydrogen) atoms. The maximum absolute atomic E-state index is 11.7. The summed E-state index contributed by atoms with van der Waals surface area (Å²) in [7, 11) is 5.31. The fourth-order valence-electron chi connectivity index (χ4n) is 1.07. The quantitative estimate of drug-likeness (QED) is 0.694. The van der Waals surface area contributed by atoms with Gasteiger partial charge >= 0.3 is 12.0 Å². The topological polar surface area (TPSA) is 89.9 Å². The van der Waals surface area contributed by atoms with Crippen LogP contribution in [0.15, 0.2) is 11.1 Å². The molecule has 3 amide bonds. The van der Waals surface area contributed by atoms with Crippen LogP contribution >= 0.6 is 0 Å². The number of hydrogen-bond donors (Lipinski definition) is 2. The van der Waals surface area contributed by atoms with Gasteiger partial charge in [0.15, 0.2) is 0 Å². The largest absolute Gasteiger partial charge is 0.478 e. The summed E-state index contributed by atoms with van der Waals surface area (Å²) in [5.74, 6) is -1.87. The summed E-state index contributed by atoms with van der Waals surface area (Å²) >= 11 is 0. The number of hydrogen-bond acceptors (Lipinski definition) is 4. The highest BCUT2D eigenvalue weighted by molar-refractivity contribution is 6.07. The van der Waals surface area contributed by atoms with Gasteiger partial charge in [-0.05, 0) is 27.9 Å². The number of rotatable bonds is 5. The zero-order valence-electron chi connectivity index (χ0n) is 12.0. The van der Waals surface area contributed by atoms with Gasteiger partial charge in [-0.15, -0.1) is 0 Å². The van der Waals surface area contributed by atoms with Crippen molar-refractivity contribution in [1.29, 1.82) is 0 Å². The van der Waals surface area contributed by atoms with Gasteiger partial charge in [-0.25, -0.2) is 9.59 Å². The predicted octanol–water partition coefficient (Wildman–Crippen LogP) is 0.137. The van der Waals surface area contributed by atoms with Crippen molar-refractivity contribution in [2.24, 2.45) is 0 Å². The molecule has 2 N–H and O–H groups in total. The first-order chi connectivity index (χ1) is 8.66. The zero-order valence-corrected chi connectivity index (χ0v) is 12.0. The summed E-state index contributed by atoms with van der Waals surface area (Å²) in [5, 5.41) is 10.9. The van der Waals surface area contributed by atoms with E-state index in [1.807, 2.05) is 19.0 Å². The summed E-state index contributed by atoms with van der Waals surface area (Å²) in [4.78, 5) is 37.3. The minimum Gasteiger partial charge on any atom is -0.478 e. The van der Waals surface area contributed by atoms with E-state index in [9.17, 15) is 14.4 Å². The minimum absolute atomic E-state index is 0.0156. The Morgan fingerprint density at radius 3 is 1.95 bits per heavy atom. The van der Waals surface area contributed by atoms with Gasteiger partial charge < -0.3 is 14.9 Å². The monoisotopic (exact) mass is 271 g/mol. The fourth-order valence-corrected chi connectivity index (χ4v) is 1.07. The molecule has 0 rings (SSSR count). The highest BCUT2D eigenvalue weighted by Gasteiger charge is 2.17. The van der Waals surface area contributed by atoms with Crippen LogP contribution in [0.5, 0.6) is 0 Å². The van der Waals surface area contributed by atoms with Crippen LogP contribution in [0.25, 0.3) is 0 Å². The van der Waals surface area contributed by atoms with Crippen molar-refractivity contribution in [3.8, 4) is 0 Å². The first kappa shape index (κ1) is 17.1. The van der Waals surface area contributed by atoms with Gasteiger partial charge in [0.25, 0.3) is 5.91 Å². The highest BCUT2D eigenvalue weighted by atomic mass is 16.4. The number of carboxylic acid groups (broad SMARTS) is 1. The highest BCUT2D eigenvalue weighted by Crippen LogP contribution is 2.03. The number of carbonyl (C=O) groups excluding carboxylic acids is 2. The van der Waals surface area contributed by atoms with E-state index >= 15 is 0 Å². The van der Waals surface area contributed by atoms with E-state index in [2.05, 4.69) is 5.32 Å². The molecule has 7 nitrogen and oxygen atoms in total. The van der Waals surface area contributed by atoms with E-state index in [1.54, 1.807) is 7.05 Å². The van der Waals surface area contributed by atoms with Crippen molar-refractivity contribution >= 4 is 17.9 Å². The summed E-state index contributed by atoms with van der Waals surface area (Å²) in [6, 6.07) is -0.551. The van der Waals surface area contributed by atoms with Crippen molar-refractivity contribution in [1.82, 2.24) is 15.1 Å². The Hall–Kier alpha value is -1.89. The number of amides is 3. The van der Waals surface area contributed by atoms with Gasteiger partial charge in [-0.3, -0.25) is 10.1 Å². The molecule has 0 atom stereocenters. The van der Waals surface area contributed by atoms with Crippen LogP contribution in [0.4, 0.5) is 4.79 Å². The lowest BCUT2D eigenvalue weighted by molar-refractivity contribution is -0.133. The Bertz CT molecular complexity index is 402. The van der Waals surface area contributed by atoms with E-state index in [4.69, 9.17) is 5.11 Å². The van der Waals surface area contributed by atoms with Gasteiger partial charge in [-0.1, -0.05) is 0 Å². The third-order valence-electron chi connectivity index (χ3n) is 2.67. The average molecular weight is 271 g/mol. The molecule has 0 fully saturated rings. The Labute approximate surface area is 112 Å². The average Bonchev–Trinajstić information content (AvgIpc) is 2.33. The van der Waals surface area contributed by atoms with Crippen molar-refractivity contribution in [2.75, 3.05) is 34.2 Å². The second-order valence-corrected chi connectivity index (χ2v) is 4.54. The molecule has 0 heterocycles.